The van der Waals surface area contributed by atoms with Crippen molar-refractivity contribution in [2.75, 3.05) is 38.8 Å². The van der Waals surface area contributed by atoms with E-state index in [0.29, 0.717) is 34.5 Å². The molecule has 2 heterocycles. The van der Waals surface area contributed by atoms with Gasteiger partial charge in [-0.3, -0.25) is 0 Å². The number of nitrogens with two attached hydrogens (primary N) is 1. The molecule has 0 bridgehead atoms. The van der Waals surface area contributed by atoms with E-state index in [1.54, 1.807) is 18.2 Å². The van der Waals surface area contributed by atoms with Crippen molar-refractivity contribution in [1.82, 2.24) is 9.97 Å². The summed E-state index contributed by atoms with van der Waals surface area (Å²) in [4.78, 5) is 8.41. The topological polar surface area (TPSA) is 156 Å². The first kappa shape index (κ1) is 22.2. The summed E-state index contributed by atoms with van der Waals surface area (Å²) in [5.74, 6) is 2.56. The van der Waals surface area contributed by atoms with Gasteiger partial charge in [-0.05, 0) is 6.07 Å². The lowest BCUT2D eigenvalue weighted by Gasteiger charge is -2.15. The summed E-state index contributed by atoms with van der Waals surface area (Å²) in [7, 11) is 0.480. The van der Waals surface area contributed by atoms with Crippen LogP contribution in [0.3, 0.4) is 0 Å². The van der Waals surface area contributed by atoms with Crippen LogP contribution < -0.4 is 39.5 Å². The van der Waals surface area contributed by atoms with Crippen LogP contribution in [0.15, 0.2) is 41.4 Å². The maximum Gasteiger partial charge on any atom is 0.240 e. The number of nitrogens with zero attached hydrogens (tertiary/aromatic N) is 2. The minimum atomic E-state index is -4.05. The zero-order chi connectivity index (χ0) is 23.6. The van der Waals surface area contributed by atoms with Gasteiger partial charge in [-0.25, -0.2) is 18.5 Å². The fourth-order valence-electron chi connectivity index (χ4n) is 3.17. The normalized spacial score (nSPS) is 12.2. The Morgan fingerprint density at radius 2 is 1.64 bits per heavy atom. The minimum absolute atomic E-state index is 0.0147. The number of nitrogens with one attached hydrogen (secondary N) is 2. The molecule has 1 aliphatic rings. The highest BCUT2D eigenvalue weighted by Crippen LogP contribution is 2.41. The molecule has 0 saturated carbocycles. The van der Waals surface area contributed by atoms with Gasteiger partial charge >= 0.3 is 0 Å². The Labute approximate surface area is 189 Å². The van der Waals surface area contributed by atoms with E-state index in [4.69, 9.17) is 28.8 Å². The van der Waals surface area contributed by atoms with Gasteiger partial charge in [-0.1, -0.05) is 0 Å². The number of ether oxygens (including phenoxy) is 5. The second-order valence-electron chi connectivity index (χ2n) is 6.68. The van der Waals surface area contributed by atoms with Crippen LogP contribution in [-0.2, 0) is 10.0 Å². The average molecular weight is 475 g/mol. The van der Waals surface area contributed by atoms with Crippen molar-refractivity contribution < 1.29 is 32.1 Å². The van der Waals surface area contributed by atoms with E-state index in [2.05, 4.69) is 20.6 Å². The van der Waals surface area contributed by atoms with Crippen LogP contribution in [0.25, 0.3) is 0 Å². The van der Waals surface area contributed by atoms with Crippen molar-refractivity contribution in [1.29, 1.82) is 0 Å². The van der Waals surface area contributed by atoms with Crippen molar-refractivity contribution >= 4 is 33.2 Å². The maximum atomic E-state index is 12.1. The summed E-state index contributed by atoms with van der Waals surface area (Å²) in [6.07, 6.45) is 1.50. The lowest BCUT2D eigenvalue weighted by molar-refractivity contribution is 0.174. The van der Waals surface area contributed by atoms with Gasteiger partial charge in [-0.15, -0.1) is 0 Å². The smallest absolute Gasteiger partial charge is 0.240 e. The lowest BCUT2D eigenvalue weighted by Crippen LogP contribution is -2.14. The Hall–Kier alpha value is -3.97. The summed E-state index contributed by atoms with van der Waals surface area (Å²) in [6.45, 7) is -0.0147. The molecule has 2 aromatic carbocycles. The van der Waals surface area contributed by atoms with Crippen molar-refractivity contribution in [2.45, 2.75) is 4.90 Å². The Bertz CT molecular complexity index is 1270. The minimum Gasteiger partial charge on any atom is -0.493 e. The molecular weight excluding hydrogens is 454 g/mol. The molecule has 0 aliphatic carbocycles. The lowest BCUT2D eigenvalue weighted by atomic mass is 10.2. The number of hydrogen-bond acceptors (Lipinski definition) is 11. The fourth-order valence-corrected chi connectivity index (χ4v) is 3.85. The molecular formula is C20H21N5O7S. The molecule has 13 heteroatoms. The molecule has 0 spiro atoms. The first-order valence-corrected chi connectivity index (χ1v) is 11.0. The van der Waals surface area contributed by atoms with Gasteiger partial charge in [0.25, 0.3) is 0 Å². The second kappa shape index (κ2) is 8.88. The number of fused-ring (bicyclic) bond motifs is 1. The zero-order valence-electron chi connectivity index (χ0n) is 17.9. The number of hydrogen-bond donors (Lipinski definition) is 3. The van der Waals surface area contributed by atoms with Gasteiger partial charge < -0.3 is 34.3 Å². The van der Waals surface area contributed by atoms with Crippen LogP contribution in [-0.4, -0.2) is 46.5 Å². The van der Waals surface area contributed by atoms with Crippen LogP contribution >= 0.6 is 0 Å². The number of anilines is 4. The molecule has 12 nitrogen and oxygen atoms in total. The van der Waals surface area contributed by atoms with E-state index in [0.717, 1.165) is 0 Å². The highest BCUT2D eigenvalue weighted by molar-refractivity contribution is 7.89. The first-order valence-electron chi connectivity index (χ1n) is 9.46. The van der Waals surface area contributed by atoms with E-state index in [-0.39, 0.29) is 29.1 Å². The SMILES string of the molecule is COc1cc(Nc2nccc(Nc3cc4c(cc3S(N)(=O)=O)OCO4)n2)cc(OC)c1OC. The Kier molecular flexibility index (Phi) is 5.98. The molecule has 1 aliphatic heterocycles. The van der Waals surface area contributed by atoms with Crippen molar-refractivity contribution in [3.05, 3.63) is 36.5 Å². The Balaban J connectivity index is 1.64. The van der Waals surface area contributed by atoms with Crippen molar-refractivity contribution in [2.24, 2.45) is 5.14 Å². The van der Waals surface area contributed by atoms with Crippen molar-refractivity contribution in [3.8, 4) is 28.7 Å². The molecule has 0 atom stereocenters. The quantitative estimate of drug-likeness (QED) is 0.439. The third-order valence-corrected chi connectivity index (χ3v) is 5.57. The van der Waals surface area contributed by atoms with Crippen LogP contribution in [0.4, 0.5) is 23.1 Å². The van der Waals surface area contributed by atoms with E-state index in [9.17, 15) is 8.42 Å². The number of primary sulfonamides is 1. The van der Waals surface area contributed by atoms with E-state index < -0.39 is 10.0 Å². The zero-order valence-corrected chi connectivity index (χ0v) is 18.7. The molecule has 33 heavy (non-hydrogen) atoms. The average Bonchev–Trinajstić information content (AvgIpc) is 3.25. The molecule has 3 aromatic rings. The fraction of sp³-hybridized carbons (Fsp3) is 0.200. The predicted octanol–water partition coefficient (Wildman–Crippen LogP) is 2.37. The first-order chi connectivity index (χ1) is 15.8. The molecule has 0 fully saturated rings. The summed E-state index contributed by atoms with van der Waals surface area (Å²) in [5, 5.41) is 11.4. The van der Waals surface area contributed by atoms with E-state index >= 15 is 0 Å². The van der Waals surface area contributed by atoms with Crippen LogP contribution in [0, 0.1) is 0 Å². The Morgan fingerprint density at radius 1 is 0.970 bits per heavy atom. The molecule has 174 valence electrons. The number of sulfonamides is 1. The van der Waals surface area contributed by atoms with Gasteiger partial charge in [0, 0.05) is 36.1 Å². The van der Waals surface area contributed by atoms with Crippen LogP contribution in [0.2, 0.25) is 0 Å². The highest BCUT2D eigenvalue weighted by atomic mass is 32.2. The summed E-state index contributed by atoms with van der Waals surface area (Å²) in [5.41, 5.74) is 0.758. The molecule has 4 N–H and O–H groups in total. The molecule has 0 saturated heterocycles. The van der Waals surface area contributed by atoms with Crippen LogP contribution in [0.5, 0.6) is 28.7 Å². The highest BCUT2D eigenvalue weighted by Gasteiger charge is 2.23. The third kappa shape index (κ3) is 4.63. The van der Waals surface area contributed by atoms with E-state index in [1.807, 2.05) is 0 Å². The second-order valence-corrected chi connectivity index (χ2v) is 8.21. The monoisotopic (exact) mass is 475 g/mol. The van der Waals surface area contributed by atoms with Gasteiger partial charge in [0.1, 0.15) is 10.7 Å². The Morgan fingerprint density at radius 3 is 2.24 bits per heavy atom. The van der Waals surface area contributed by atoms with Crippen LogP contribution in [0.1, 0.15) is 0 Å². The van der Waals surface area contributed by atoms with Gasteiger partial charge in [0.05, 0.1) is 27.0 Å². The summed E-state index contributed by atoms with van der Waals surface area (Å²) >= 11 is 0. The van der Waals surface area contributed by atoms with Gasteiger partial charge in [0.15, 0.2) is 23.0 Å². The number of benzene rings is 2. The molecule has 0 amide bonds. The van der Waals surface area contributed by atoms with E-state index in [1.165, 1.54) is 39.7 Å². The standard InChI is InChI=1S/C20H21N5O7S/c1-28-15-6-11(7-16(29-2)19(15)30-3)23-20-22-5-4-18(25-20)24-12-8-13-14(32-10-31-13)9-17(12)33(21,26)27/h4-9H,10H2,1-3H3,(H2,21,26,27)(H2,22,23,24,25). The summed E-state index contributed by atoms with van der Waals surface area (Å²) < 4.78 is 50.8. The van der Waals surface area contributed by atoms with Gasteiger partial charge in [-0.2, -0.15) is 4.98 Å². The molecule has 4 rings (SSSR count). The summed E-state index contributed by atoms with van der Waals surface area (Å²) in [6, 6.07) is 7.74. The molecule has 0 unspecified atom stereocenters. The largest absolute Gasteiger partial charge is 0.493 e. The molecule has 0 radical (unpaired) electrons. The van der Waals surface area contributed by atoms with Crippen molar-refractivity contribution in [3.63, 3.8) is 0 Å². The predicted molar refractivity (Wildman–Crippen MR) is 119 cm³/mol. The number of rotatable bonds is 8. The maximum absolute atomic E-state index is 12.1. The third-order valence-electron chi connectivity index (χ3n) is 4.62. The number of methoxy groups -OCH3 is 3. The van der Waals surface area contributed by atoms with Gasteiger partial charge in [0.2, 0.25) is 28.5 Å². The molecule has 1 aromatic heterocycles. The number of aromatic nitrogens is 2.